The molecule has 5 atom stereocenters. The van der Waals surface area contributed by atoms with E-state index in [0.29, 0.717) is 5.56 Å². The minimum absolute atomic E-state index is 0.0285. The van der Waals surface area contributed by atoms with Gasteiger partial charge >= 0.3 is 0 Å². The molecule has 10 heteroatoms. The molecule has 2 heterocycles. The van der Waals surface area contributed by atoms with E-state index in [0.717, 1.165) is 23.5 Å². The maximum Gasteiger partial charge on any atom is 0.241 e. The summed E-state index contributed by atoms with van der Waals surface area (Å²) in [5, 5.41) is 9.46. The largest absolute Gasteiger partial charge is 0.323 e. The third kappa shape index (κ3) is 3.15. The quantitative estimate of drug-likeness (QED) is 0.687. The number of carbonyl (C=O) groups excluding carboxylic acids is 4. The Morgan fingerprint density at radius 2 is 1.70 bits per heavy atom. The van der Waals surface area contributed by atoms with E-state index in [-0.39, 0.29) is 22.4 Å². The van der Waals surface area contributed by atoms with Crippen LogP contribution in [0.4, 0.5) is 0 Å². The molecule has 1 aliphatic heterocycles. The highest BCUT2D eigenvalue weighted by Gasteiger charge is 2.73. The number of ketones is 1. The molecule has 8 nitrogen and oxygen atoms in total. The fourth-order valence-electron chi connectivity index (χ4n) is 4.84. The van der Waals surface area contributed by atoms with Crippen LogP contribution in [0.1, 0.15) is 45.6 Å². The highest BCUT2D eigenvalue weighted by atomic mass is 32.2. The fraction of sp³-hybridized carbons (Fsp3) is 0.550. The van der Waals surface area contributed by atoms with Crippen molar-refractivity contribution < 1.29 is 19.2 Å². The van der Waals surface area contributed by atoms with Crippen molar-refractivity contribution in [3.63, 3.8) is 0 Å². The van der Waals surface area contributed by atoms with E-state index in [1.54, 1.807) is 13.8 Å². The van der Waals surface area contributed by atoms with Gasteiger partial charge in [-0.1, -0.05) is 23.5 Å². The van der Waals surface area contributed by atoms with Crippen molar-refractivity contribution in [2.24, 2.45) is 11.3 Å². The van der Waals surface area contributed by atoms with Crippen molar-refractivity contribution in [1.82, 2.24) is 14.9 Å². The first kappa shape index (κ1) is 22.4. The topological polar surface area (TPSA) is 121 Å². The van der Waals surface area contributed by atoms with Crippen LogP contribution < -0.4 is 0 Å². The number of nitriles is 1. The van der Waals surface area contributed by atoms with Gasteiger partial charge in [0.05, 0.1) is 17.4 Å². The Bertz CT molecular complexity index is 981. The predicted molar refractivity (Wildman–Crippen MR) is 112 cm³/mol. The van der Waals surface area contributed by atoms with Gasteiger partial charge in [-0.15, -0.1) is 0 Å². The van der Waals surface area contributed by atoms with Crippen molar-refractivity contribution in [2.75, 3.05) is 7.05 Å². The molecule has 0 aromatic carbocycles. The van der Waals surface area contributed by atoms with E-state index >= 15 is 0 Å². The molecule has 1 amide bonds. The van der Waals surface area contributed by atoms with Crippen molar-refractivity contribution in [3.8, 4) is 6.07 Å². The summed E-state index contributed by atoms with van der Waals surface area (Å²) in [6, 6.07) is 2.29. The lowest BCUT2D eigenvalue weighted by atomic mass is 9.71. The minimum atomic E-state index is -1.44. The normalized spacial score (nSPS) is 35.7. The summed E-state index contributed by atoms with van der Waals surface area (Å²) in [5.41, 5.74) is -0.561. The highest BCUT2D eigenvalue weighted by Crippen LogP contribution is 2.65. The summed E-state index contributed by atoms with van der Waals surface area (Å²) in [6.07, 6.45) is 4.44. The molecule has 0 bridgehead atoms. The average molecular weight is 447 g/mol. The molecular formula is C20H22N4O4S2. The van der Waals surface area contributed by atoms with Crippen LogP contribution >= 0.6 is 23.5 Å². The number of likely N-dealkylation sites (tertiary alicyclic amines) is 1. The molecule has 1 aromatic heterocycles. The molecule has 2 unspecified atom stereocenters. The van der Waals surface area contributed by atoms with E-state index in [1.165, 1.54) is 44.5 Å². The Kier molecular flexibility index (Phi) is 5.58. The Balaban J connectivity index is 2.30. The van der Waals surface area contributed by atoms with E-state index in [4.69, 9.17) is 0 Å². The molecule has 1 aliphatic carbocycles. The number of amides is 1. The Hall–Kier alpha value is -2.25. The number of hydrogen-bond donors (Lipinski definition) is 0. The molecular weight excluding hydrogens is 424 g/mol. The number of aromatic nitrogens is 2. The van der Waals surface area contributed by atoms with Crippen LogP contribution in [0.2, 0.25) is 0 Å². The van der Waals surface area contributed by atoms with Gasteiger partial charge in [0.1, 0.15) is 11.1 Å². The van der Waals surface area contributed by atoms with Crippen LogP contribution in [0.3, 0.4) is 0 Å². The Morgan fingerprint density at radius 3 is 2.20 bits per heavy atom. The van der Waals surface area contributed by atoms with Crippen LogP contribution in [0.5, 0.6) is 0 Å². The number of nitrogens with zero attached hydrogens (tertiary/aromatic N) is 4. The van der Waals surface area contributed by atoms with E-state index in [2.05, 4.69) is 16.0 Å². The number of fused-ring (bicyclic) bond motifs is 1. The lowest BCUT2D eigenvalue weighted by Gasteiger charge is -2.50. The number of thioether (sulfide) groups is 2. The zero-order valence-electron chi connectivity index (χ0n) is 17.3. The molecule has 30 heavy (non-hydrogen) atoms. The van der Waals surface area contributed by atoms with Gasteiger partial charge in [-0.3, -0.25) is 19.2 Å². The second kappa shape index (κ2) is 7.46. The van der Waals surface area contributed by atoms with E-state index in [1.807, 2.05) is 0 Å². The maximum absolute atomic E-state index is 14.0. The van der Waals surface area contributed by atoms with Gasteiger partial charge in [0.15, 0.2) is 20.9 Å². The molecule has 2 aliphatic rings. The molecule has 158 valence electrons. The second-order valence-electron chi connectivity index (χ2n) is 8.12. The van der Waals surface area contributed by atoms with Crippen LogP contribution in [0, 0.1) is 22.7 Å². The summed E-state index contributed by atoms with van der Waals surface area (Å²) in [6.45, 7) is 5.92. The highest BCUT2D eigenvalue weighted by molar-refractivity contribution is 8.16. The molecule has 1 saturated carbocycles. The summed E-state index contributed by atoms with van der Waals surface area (Å²) in [7, 11) is 1.47. The lowest BCUT2D eigenvalue weighted by Crippen LogP contribution is -2.67. The lowest BCUT2D eigenvalue weighted by molar-refractivity contribution is -0.151. The third-order valence-corrected chi connectivity index (χ3v) is 8.45. The van der Waals surface area contributed by atoms with Crippen molar-refractivity contribution >= 4 is 45.4 Å². The number of carbonyl (C=O) groups is 4. The summed E-state index contributed by atoms with van der Waals surface area (Å²) in [4.78, 5) is 59.7. The molecule has 1 aromatic rings. The minimum Gasteiger partial charge on any atom is -0.323 e. The number of likely N-dealkylation sites (N-methyl/N-ethyl adjacent to an activating group) is 1. The van der Waals surface area contributed by atoms with Crippen LogP contribution in [-0.4, -0.2) is 53.5 Å². The first-order chi connectivity index (χ1) is 13.9. The molecule has 1 saturated heterocycles. The fourth-order valence-corrected chi connectivity index (χ4v) is 7.33. The molecule has 0 N–H and O–H groups in total. The third-order valence-electron chi connectivity index (χ3n) is 6.06. The van der Waals surface area contributed by atoms with E-state index in [9.17, 15) is 24.4 Å². The van der Waals surface area contributed by atoms with Gasteiger partial charge in [-0.05, 0) is 25.8 Å². The van der Waals surface area contributed by atoms with Gasteiger partial charge in [0.25, 0.3) is 0 Å². The standard InChI is InChI=1S/C20H22N4O4S2/c1-11(25)29-19(4)16(27)15-14(13-6-22-10-23-7-13)18(3,9-21)8-20(15,30-12(2)26)17(28)24(19)5/h6-7,10,14-15H,8H2,1-5H3/t14-,15?,18-,19+,20?/m1/s1. The Labute approximate surface area is 183 Å². The van der Waals surface area contributed by atoms with Crippen LogP contribution in [-0.2, 0) is 19.2 Å². The molecule has 0 spiro atoms. The van der Waals surface area contributed by atoms with Crippen molar-refractivity contribution in [3.05, 3.63) is 24.3 Å². The average Bonchev–Trinajstić information content (AvgIpc) is 2.94. The molecule has 2 fully saturated rings. The summed E-state index contributed by atoms with van der Waals surface area (Å²) < 4.78 is -1.43. The zero-order chi connectivity index (χ0) is 22.5. The van der Waals surface area contributed by atoms with Gasteiger partial charge in [0.2, 0.25) is 5.91 Å². The van der Waals surface area contributed by atoms with Gasteiger partial charge in [0, 0.05) is 39.2 Å². The smallest absolute Gasteiger partial charge is 0.241 e. The van der Waals surface area contributed by atoms with Crippen molar-refractivity contribution in [2.45, 2.75) is 49.7 Å². The summed E-state index contributed by atoms with van der Waals surface area (Å²) >= 11 is 1.59. The number of hydrogen-bond acceptors (Lipinski definition) is 9. The Morgan fingerprint density at radius 1 is 1.13 bits per heavy atom. The summed E-state index contributed by atoms with van der Waals surface area (Å²) in [5.74, 6) is -2.47. The maximum atomic E-state index is 14.0. The monoisotopic (exact) mass is 446 g/mol. The first-order valence-corrected chi connectivity index (χ1v) is 10.9. The predicted octanol–water partition coefficient (Wildman–Crippen LogP) is 2.17. The van der Waals surface area contributed by atoms with E-state index < -0.39 is 32.8 Å². The SMILES string of the molecule is CC(=O)SC12C[C@](C)(C#N)[C@H](c3cncnc3)C1C(=O)[C@](C)(SC(C)=O)N(C)C2=O. The number of Topliss-reactive ketones (excluding diaryl/α,β-unsaturated/α-hetero) is 1. The zero-order valence-corrected chi connectivity index (χ0v) is 19.0. The van der Waals surface area contributed by atoms with Crippen molar-refractivity contribution in [1.29, 1.82) is 5.26 Å². The van der Waals surface area contributed by atoms with Gasteiger partial charge in [-0.25, -0.2) is 9.97 Å². The molecule has 3 rings (SSSR count). The number of rotatable bonds is 3. The first-order valence-electron chi connectivity index (χ1n) is 9.31. The van der Waals surface area contributed by atoms with Gasteiger partial charge < -0.3 is 4.90 Å². The van der Waals surface area contributed by atoms with Gasteiger partial charge in [-0.2, -0.15) is 5.26 Å². The molecule has 0 radical (unpaired) electrons. The van der Waals surface area contributed by atoms with Crippen LogP contribution in [0.25, 0.3) is 0 Å². The number of piperidine rings is 1. The second-order valence-corrected chi connectivity index (χ2v) is 11.2. The van der Waals surface area contributed by atoms with Crippen LogP contribution in [0.15, 0.2) is 18.7 Å².